The van der Waals surface area contributed by atoms with Crippen LogP contribution in [0.5, 0.6) is 0 Å². The monoisotopic (exact) mass is 305 g/mol. The highest BCUT2D eigenvalue weighted by molar-refractivity contribution is 7.84. The quantitative estimate of drug-likeness (QED) is 0.891. The van der Waals surface area contributed by atoms with Crippen LogP contribution < -0.4 is 5.32 Å². The molecule has 0 aliphatic carbocycles. The average molecular weight is 305 g/mol. The molecule has 110 valence electrons. The summed E-state index contributed by atoms with van der Waals surface area (Å²) in [6, 6.07) is 15.6. The average Bonchev–Trinajstić information content (AvgIpc) is 2.48. The van der Waals surface area contributed by atoms with Crippen molar-refractivity contribution in [2.75, 3.05) is 5.75 Å². The molecule has 0 heterocycles. The van der Waals surface area contributed by atoms with Gasteiger partial charge in [0, 0.05) is 22.9 Å². The van der Waals surface area contributed by atoms with Crippen molar-refractivity contribution >= 4 is 16.7 Å². The van der Waals surface area contributed by atoms with Gasteiger partial charge in [-0.3, -0.25) is 9.00 Å². The minimum absolute atomic E-state index is 0.0471. The summed E-state index contributed by atoms with van der Waals surface area (Å²) in [5.74, 6) is -0.767. The zero-order valence-corrected chi connectivity index (χ0v) is 12.2. The summed E-state index contributed by atoms with van der Waals surface area (Å²) >= 11 is 0. The normalized spacial score (nSPS) is 11.9. The molecule has 5 heteroatoms. The van der Waals surface area contributed by atoms with Crippen LogP contribution in [-0.4, -0.2) is 15.9 Å². The maximum atomic E-state index is 13.4. The van der Waals surface area contributed by atoms with Crippen molar-refractivity contribution in [2.24, 2.45) is 0 Å². The highest BCUT2D eigenvalue weighted by Crippen LogP contribution is 2.09. The second-order valence-corrected chi connectivity index (χ2v) is 6.04. The molecule has 0 radical (unpaired) electrons. The van der Waals surface area contributed by atoms with Gasteiger partial charge in [-0.1, -0.05) is 48.5 Å². The molecule has 0 aromatic heterocycles. The summed E-state index contributed by atoms with van der Waals surface area (Å²) in [4.78, 5) is 11.7. The van der Waals surface area contributed by atoms with Crippen molar-refractivity contribution < 1.29 is 13.4 Å². The molecule has 2 aromatic carbocycles. The van der Waals surface area contributed by atoms with Gasteiger partial charge in [0.1, 0.15) is 11.6 Å². The fourth-order valence-corrected chi connectivity index (χ4v) is 2.91. The summed E-state index contributed by atoms with van der Waals surface area (Å²) in [6.07, 6.45) is 0. The van der Waals surface area contributed by atoms with Gasteiger partial charge < -0.3 is 5.32 Å². The Morgan fingerprint density at radius 1 is 1.05 bits per heavy atom. The van der Waals surface area contributed by atoms with Crippen LogP contribution in [0.15, 0.2) is 54.6 Å². The second kappa shape index (κ2) is 7.69. The van der Waals surface area contributed by atoms with Gasteiger partial charge in [0.05, 0.1) is 5.75 Å². The smallest absolute Gasteiger partial charge is 0.232 e. The Bertz CT molecular complexity index is 631. The van der Waals surface area contributed by atoms with E-state index in [0.29, 0.717) is 12.1 Å². The maximum absolute atomic E-state index is 13.4. The third kappa shape index (κ3) is 5.11. The van der Waals surface area contributed by atoms with Gasteiger partial charge in [-0.05, 0) is 11.6 Å². The van der Waals surface area contributed by atoms with E-state index in [1.807, 2.05) is 30.3 Å². The van der Waals surface area contributed by atoms with Crippen LogP contribution in [0.3, 0.4) is 0 Å². The lowest BCUT2D eigenvalue weighted by atomic mass is 10.2. The van der Waals surface area contributed by atoms with Gasteiger partial charge in [-0.25, -0.2) is 4.39 Å². The lowest BCUT2D eigenvalue weighted by molar-refractivity contribution is -0.118. The summed E-state index contributed by atoms with van der Waals surface area (Å²) in [5.41, 5.74) is 1.34. The SMILES string of the molecule is O=C(CS(=O)Cc1ccccc1F)NCc1ccccc1. The molecule has 0 saturated carbocycles. The van der Waals surface area contributed by atoms with E-state index in [-0.39, 0.29) is 17.4 Å². The number of rotatable bonds is 6. The minimum atomic E-state index is -1.42. The van der Waals surface area contributed by atoms with Crippen molar-refractivity contribution in [3.63, 3.8) is 0 Å². The molecular formula is C16H16FNO2S. The molecule has 1 amide bonds. The predicted molar refractivity (Wildman–Crippen MR) is 81.4 cm³/mol. The van der Waals surface area contributed by atoms with Crippen LogP contribution in [0, 0.1) is 5.82 Å². The Morgan fingerprint density at radius 2 is 1.71 bits per heavy atom. The van der Waals surface area contributed by atoms with Crippen LogP contribution in [-0.2, 0) is 27.9 Å². The van der Waals surface area contributed by atoms with E-state index in [1.54, 1.807) is 18.2 Å². The lowest BCUT2D eigenvalue weighted by Gasteiger charge is -2.06. The number of halogens is 1. The number of benzene rings is 2. The first-order valence-electron chi connectivity index (χ1n) is 6.54. The minimum Gasteiger partial charge on any atom is -0.351 e. The van der Waals surface area contributed by atoms with E-state index in [1.165, 1.54) is 6.07 Å². The summed E-state index contributed by atoms with van der Waals surface area (Å²) in [5, 5.41) is 2.70. The van der Waals surface area contributed by atoms with Crippen LogP contribution in [0.4, 0.5) is 4.39 Å². The third-order valence-corrected chi connectivity index (χ3v) is 4.12. The third-order valence-electron chi connectivity index (χ3n) is 2.90. The van der Waals surface area contributed by atoms with Crippen molar-refractivity contribution in [3.05, 3.63) is 71.5 Å². The molecule has 1 atom stereocenters. The van der Waals surface area contributed by atoms with E-state index in [2.05, 4.69) is 5.32 Å². The molecule has 0 aliphatic rings. The number of carbonyl (C=O) groups is 1. The number of nitrogens with one attached hydrogen (secondary N) is 1. The van der Waals surface area contributed by atoms with E-state index in [9.17, 15) is 13.4 Å². The van der Waals surface area contributed by atoms with Gasteiger partial charge in [-0.15, -0.1) is 0 Å². The molecule has 1 N–H and O–H groups in total. The van der Waals surface area contributed by atoms with Gasteiger partial charge in [0.2, 0.25) is 5.91 Å². The number of hydrogen-bond donors (Lipinski definition) is 1. The zero-order valence-electron chi connectivity index (χ0n) is 11.4. The van der Waals surface area contributed by atoms with E-state index >= 15 is 0 Å². The van der Waals surface area contributed by atoms with Crippen LogP contribution in [0.2, 0.25) is 0 Å². The molecule has 0 fully saturated rings. The Morgan fingerprint density at radius 3 is 2.43 bits per heavy atom. The second-order valence-electron chi connectivity index (χ2n) is 4.58. The first-order valence-corrected chi connectivity index (χ1v) is 8.03. The van der Waals surface area contributed by atoms with Crippen molar-refractivity contribution in [1.29, 1.82) is 0 Å². The molecule has 0 spiro atoms. The Balaban J connectivity index is 1.80. The van der Waals surface area contributed by atoms with Gasteiger partial charge in [-0.2, -0.15) is 0 Å². The first kappa shape index (κ1) is 15.4. The molecular weight excluding hydrogens is 289 g/mol. The van der Waals surface area contributed by atoms with Crippen molar-refractivity contribution in [1.82, 2.24) is 5.32 Å². The van der Waals surface area contributed by atoms with E-state index in [4.69, 9.17) is 0 Å². The molecule has 21 heavy (non-hydrogen) atoms. The Labute approximate surface area is 125 Å². The fourth-order valence-electron chi connectivity index (χ4n) is 1.83. The van der Waals surface area contributed by atoms with Crippen LogP contribution in [0.25, 0.3) is 0 Å². The highest BCUT2D eigenvalue weighted by atomic mass is 32.2. The molecule has 1 unspecified atom stereocenters. The molecule has 2 rings (SSSR count). The topological polar surface area (TPSA) is 46.2 Å². The Hall–Kier alpha value is -2.01. The van der Waals surface area contributed by atoms with E-state index < -0.39 is 16.6 Å². The van der Waals surface area contributed by atoms with Crippen LogP contribution in [0.1, 0.15) is 11.1 Å². The van der Waals surface area contributed by atoms with Crippen LogP contribution >= 0.6 is 0 Å². The molecule has 2 aromatic rings. The fraction of sp³-hybridized carbons (Fsp3) is 0.188. The first-order chi connectivity index (χ1) is 10.1. The number of carbonyl (C=O) groups excluding carboxylic acids is 1. The van der Waals surface area contributed by atoms with Gasteiger partial charge in [0.15, 0.2) is 0 Å². The molecule has 0 saturated heterocycles. The van der Waals surface area contributed by atoms with E-state index in [0.717, 1.165) is 5.56 Å². The van der Waals surface area contributed by atoms with Crippen molar-refractivity contribution in [2.45, 2.75) is 12.3 Å². The van der Waals surface area contributed by atoms with Crippen molar-refractivity contribution in [3.8, 4) is 0 Å². The van der Waals surface area contributed by atoms with Gasteiger partial charge in [0.25, 0.3) is 0 Å². The van der Waals surface area contributed by atoms with Gasteiger partial charge >= 0.3 is 0 Å². The predicted octanol–water partition coefficient (Wildman–Crippen LogP) is 2.39. The highest BCUT2D eigenvalue weighted by Gasteiger charge is 2.10. The largest absolute Gasteiger partial charge is 0.351 e. The number of hydrogen-bond acceptors (Lipinski definition) is 2. The molecule has 0 bridgehead atoms. The standard InChI is InChI=1S/C16H16FNO2S/c17-15-9-5-4-8-14(15)11-21(20)12-16(19)18-10-13-6-2-1-3-7-13/h1-9H,10-12H2,(H,18,19). The molecule has 0 aliphatic heterocycles. The maximum Gasteiger partial charge on any atom is 0.232 e. The molecule has 3 nitrogen and oxygen atoms in total. The Kier molecular flexibility index (Phi) is 5.63. The zero-order chi connectivity index (χ0) is 15.1. The summed E-state index contributed by atoms with van der Waals surface area (Å²) < 4.78 is 25.3. The lowest BCUT2D eigenvalue weighted by Crippen LogP contribution is -2.28. The summed E-state index contributed by atoms with van der Waals surface area (Å²) in [6.45, 7) is 0.399. The number of amides is 1. The summed E-state index contributed by atoms with van der Waals surface area (Å²) in [7, 11) is -1.42.